The predicted octanol–water partition coefficient (Wildman–Crippen LogP) is 5.83. The number of hydrogen-bond acceptors (Lipinski definition) is 6. The van der Waals surface area contributed by atoms with Gasteiger partial charge in [-0.2, -0.15) is 5.26 Å². The molecule has 1 atom stereocenters. The Kier molecular flexibility index (Phi) is 6.37. The summed E-state index contributed by atoms with van der Waals surface area (Å²) in [7, 11) is 0. The number of fused-ring (bicyclic) bond motifs is 1. The zero-order valence-corrected chi connectivity index (χ0v) is 17.5. The van der Waals surface area contributed by atoms with Crippen molar-refractivity contribution in [3.8, 4) is 11.8 Å². The molecule has 0 spiro atoms. The molecule has 0 saturated heterocycles. The van der Waals surface area contributed by atoms with Gasteiger partial charge in [-0.05, 0) is 23.8 Å². The highest BCUT2D eigenvalue weighted by Gasteiger charge is 2.23. The second-order valence-corrected chi connectivity index (χ2v) is 7.93. The van der Waals surface area contributed by atoms with Crippen LogP contribution in [0.3, 0.4) is 0 Å². The number of nitrogens with zero attached hydrogens (tertiary/aromatic N) is 3. The molecule has 0 aliphatic rings. The number of ether oxygens (including phenoxy) is 2. The lowest BCUT2D eigenvalue weighted by molar-refractivity contribution is 0.0386. The maximum atomic E-state index is 14.6. The van der Waals surface area contributed by atoms with Crippen LogP contribution >= 0.6 is 22.9 Å². The van der Waals surface area contributed by atoms with Gasteiger partial charge in [0.25, 0.3) is 0 Å². The van der Waals surface area contributed by atoms with E-state index < -0.39 is 23.3 Å². The monoisotopic (exact) mass is 457 g/mol. The van der Waals surface area contributed by atoms with Crippen LogP contribution in [0.2, 0.25) is 5.02 Å². The van der Waals surface area contributed by atoms with Crippen molar-refractivity contribution in [2.45, 2.75) is 12.7 Å². The number of thiazole rings is 1. The van der Waals surface area contributed by atoms with E-state index in [0.29, 0.717) is 27.0 Å². The van der Waals surface area contributed by atoms with Crippen molar-refractivity contribution in [1.82, 2.24) is 9.97 Å². The van der Waals surface area contributed by atoms with Gasteiger partial charge in [-0.1, -0.05) is 53.3 Å². The summed E-state index contributed by atoms with van der Waals surface area (Å²) in [6.07, 6.45) is 0.695. The van der Waals surface area contributed by atoms with E-state index in [0.717, 1.165) is 17.7 Å². The third-order valence-corrected chi connectivity index (χ3v) is 5.60. The predicted molar refractivity (Wildman–Crippen MR) is 113 cm³/mol. The van der Waals surface area contributed by atoms with Crippen molar-refractivity contribution in [3.05, 3.63) is 87.5 Å². The molecular weight excluding hydrogens is 444 g/mol. The second kappa shape index (κ2) is 9.35. The number of rotatable bonds is 7. The van der Waals surface area contributed by atoms with E-state index in [2.05, 4.69) is 9.97 Å². The van der Waals surface area contributed by atoms with Crippen LogP contribution in [0.5, 0.6) is 5.75 Å². The van der Waals surface area contributed by atoms with Gasteiger partial charge < -0.3 is 9.47 Å². The molecule has 0 unspecified atom stereocenters. The highest BCUT2D eigenvalue weighted by atomic mass is 35.5. The first-order valence-corrected chi connectivity index (χ1v) is 10.3. The lowest BCUT2D eigenvalue weighted by atomic mass is 10.2. The van der Waals surface area contributed by atoms with E-state index in [1.165, 1.54) is 23.6 Å². The molecule has 5 nitrogen and oxygen atoms in total. The van der Waals surface area contributed by atoms with Crippen LogP contribution in [0.1, 0.15) is 22.2 Å². The molecule has 9 heteroatoms. The van der Waals surface area contributed by atoms with Gasteiger partial charge in [0.2, 0.25) is 0 Å². The molecule has 0 aliphatic heterocycles. The number of aromatic nitrogens is 2. The molecule has 0 aliphatic carbocycles. The highest BCUT2D eigenvalue weighted by molar-refractivity contribution is 7.18. The number of pyridine rings is 1. The summed E-state index contributed by atoms with van der Waals surface area (Å²) >= 11 is 7.24. The van der Waals surface area contributed by atoms with E-state index in [1.807, 2.05) is 30.3 Å². The summed E-state index contributed by atoms with van der Waals surface area (Å²) in [5.41, 5.74) is 0.819. The van der Waals surface area contributed by atoms with E-state index in [4.69, 9.17) is 26.3 Å². The Bertz CT molecular complexity index is 1260. The van der Waals surface area contributed by atoms with E-state index in [-0.39, 0.29) is 12.4 Å². The zero-order valence-electron chi connectivity index (χ0n) is 15.9. The fraction of sp³-hybridized carbons (Fsp3) is 0.136. The number of nitriles is 1. The van der Waals surface area contributed by atoms with E-state index in [1.54, 1.807) is 6.07 Å². The maximum Gasteiger partial charge on any atom is 0.185 e. The molecule has 156 valence electrons. The molecule has 0 N–H and O–H groups in total. The summed E-state index contributed by atoms with van der Waals surface area (Å²) in [6.45, 7) is 0.353. The van der Waals surface area contributed by atoms with Gasteiger partial charge in [0.05, 0.1) is 18.2 Å². The van der Waals surface area contributed by atoms with Crippen LogP contribution in [0, 0.1) is 23.0 Å². The molecule has 4 rings (SSSR count). The summed E-state index contributed by atoms with van der Waals surface area (Å²) < 4.78 is 39.8. The van der Waals surface area contributed by atoms with Gasteiger partial charge in [0.1, 0.15) is 32.8 Å². The van der Waals surface area contributed by atoms with Crippen LogP contribution in [-0.2, 0) is 11.3 Å². The van der Waals surface area contributed by atoms with Crippen LogP contribution in [0.4, 0.5) is 8.78 Å². The van der Waals surface area contributed by atoms with Gasteiger partial charge in [0, 0.05) is 6.20 Å². The summed E-state index contributed by atoms with van der Waals surface area (Å²) in [5.74, 6) is -2.29. The average molecular weight is 458 g/mol. The second-order valence-electron chi connectivity index (χ2n) is 6.48. The Morgan fingerprint density at radius 1 is 1.16 bits per heavy atom. The lowest BCUT2D eigenvalue weighted by Gasteiger charge is -2.18. The molecule has 0 amide bonds. The molecule has 0 radical (unpaired) electrons. The molecule has 0 bridgehead atoms. The zero-order chi connectivity index (χ0) is 21.8. The van der Waals surface area contributed by atoms with Crippen molar-refractivity contribution in [1.29, 1.82) is 5.26 Å². The standard InChI is InChI=1S/C22H14ClF2N3O2S/c23-14-8-17-21(27-10-14)31-22(28-17)19(12-29-11-13-4-2-1-3-5-13)30-18-7-6-16(24)15(9-26)20(18)25/h1-8,10,19H,11-12H2/t19-/m1/s1. The van der Waals surface area contributed by atoms with Crippen LogP contribution in [0.15, 0.2) is 54.7 Å². The van der Waals surface area contributed by atoms with Crippen LogP contribution in [-0.4, -0.2) is 16.6 Å². The first-order valence-electron chi connectivity index (χ1n) is 9.13. The number of hydrogen-bond donors (Lipinski definition) is 0. The fourth-order valence-electron chi connectivity index (χ4n) is 2.85. The third-order valence-electron chi connectivity index (χ3n) is 4.32. The van der Waals surface area contributed by atoms with Crippen molar-refractivity contribution in [2.75, 3.05) is 6.61 Å². The Morgan fingerprint density at radius 2 is 1.97 bits per heavy atom. The van der Waals surface area contributed by atoms with Crippen molar-refractivity contribution < 1.29 is 18.3 Å². The molecule has 2 aromatic carbocycles. The first-order chi connectivity index (χ1) is 15.0. The number of benzene rings is 2. The molecule has 2 heterocycles. The quantitative estimate of drug-likeness (QED) is 0.349. The molecule has 2 aromatic heterocycles. The number of halogens is 3. The van der Waals surface area contributed by atoms with E-state index in [9.17, 15) is 8.78 Å². The largest absolute Gasteiger partial charge is 0.478 e. The summed E-state index contributed by atoms with van der Waals surface area (Å²) in [5, 5.41) is 9.94. The maximum absolute atomic E-state index is 14.6. The van der Waals surface area contributed by atoms with Gasteiger partial charge >= 0.3 is 0 Å². The van der Waals surface area contributed by atoms with Gasteiger partial charge in [-0.25, -0.2) is 18.7 Å². The summed E-state index contributed by atoms with van der Waals surface area (Å²) in [6, 6.07) is 14.8. The fourth-order valence-corrected chi connectivity index (χ4v) is 3.90. The topological polar surface area (TPSA) is 68.0 Å². The Labute approximate surface area is 185 Å². The van der Waals surface area contributed by atoms with Gasteiger partial charge in [0.15, 0.2) is 17.7 Å². The van der Waals surface area contributed by atoms with Crippen LogP contribution in [0.25, 0.3) is 10.3 Å². The van der Waals surface area contributed by atoms with Crippen molar-refractivity contribution in [2.24, 2.45) is 0 Å². The SMILES string of the molecule is N#Cc1c(F)ccc(O[C@H](COCc2ccccc2)c2nc3cc(Cl)cnc3s2)c1F. The molecule has 31 heavy (non-hydrogen) atoms. The molecular formula is C22H14ClF2N3O2S. The Morgan fingerprint density at radius 3 is 2.74 bits per heavy atom. The first kappa shape index (κ1) is 21.1. The van der Waals surface area contributed by atoms with Crippen molar-refractivity contribution in [3.63, 3.8) is 0 Å². The van der Waals surface area contributed by atoms with Crippen molar-refractivity contribution >= 4 is 33.3 Å². The smallest absolute Gasteiger partial charge is 0.185 e. The minimum Gasteiger partial charge on any atom is -0.478 e. The van der Waals surface area contributed by atoms with E-state index >= 15 is 0 Å². The lowest BCUT2D eigenvalue weighted by Crippen LogP contribution is -2.16. The third kappa shape index (κ3) is 4.80. The minimum atomic E-state index is -1.07. The van der Waals surface area contributed by atoms with Gasteiger partial charge in [-0.15, -0.1) is 0 Å². The highest BCUT2D eigenvalue weighted by Crippen LogP contribution is 2.32. The molecule has 4 aromatic rings. The average Bonchev–Trinajstić information content (AvgIpc) is 3.19. The minimum absolute atomic E-state index is 0.0428. The van der Waals surface area contributed by atoms with Crippen LogP contribution < -0.4 is 4.74 Å². The van der Waals surface area contributed by atoms with Gasteiger partial charge in [-0.3, -0.25) is 0 Å². The molecule has 0 fully saturated rings. The molecule has 0 saturated carbocycles. The normalized spacial score (nSPS) is 11.9. The summed E-state index contributed by atoms with van der Waals surface area (Å²) in [4.78, 5) is 9.36. The Hall–Kier alpha value is -3.12. The Balaban J connectivity index is 1.62.